The smallest absolute Gasteiger partial charge is 0.339 e. The van der Waals surface area contributed by atoms with E-state index in [4.69, 9.17) is 18.5 Å². The molecule has 0 bridgehead atoms. The van der Waals surface area contributed by atoms with Crippen molar-refractivity contribution in [3.63, 3.8) is 0 Å². The predicted molar refractivity (Wildman–Crippen MR) is 148 cm³/mol. The van der Waals surface area contributed by atoms with Gasteiger partial charge in [-0.15, -0.1) is 0 Å². The van der Waals surface area contributed by atoms with Gasteiger partial charge in [-0.05, 0) is 29.8 Å². The monoisotopic (exact) mass is 549 g/mol. The summed E-state index contributed by atoms with van der Waals surface area (Å²) >= 11 is 0. The van der Waals surface area contributed by atoms with Crippen molar-refractivity contribution in [3.05, 3.63) is 106 Å². The van der Waals surface area contributed by atoms with Crippen molar-refractivity contribution >= 4 is 16.9 Å². The number of methoxy groups -OCH3 is 1. The van der Waals surface area contributed by atoms with Gasteiger partial charge in [0, 0.05) is 48.4 Å². The standard InChI is InChI=1S/C30H23N5O6/c1-16-31-27(34-40-16)19-9-7-18(8-10-19)13-24-26(30(37)38-3)23-12-11-22(15-25(23)33-29(24)36)39-21-6-4-5-20(14-21)28-32-17(2)41-35-28/h4-12,14-15H,13H2,1-3H3,(H,33,36). The van der Waals surface area contributed by atoms with E-state index in [9.17, 15) is 9.59 Å². The number of H-pyrrole nitrogens is 1. The Labute approximate surface area is 232 Å². The Morgan fingerprint density at radius 3 is 2.20 bits per heavy atom. The van der Waals surface area contributed by atoms with Gasteiger partial charge in [0.1, 0.15) is 11.5 Å². The van der Waals surface area contributed by atoms with Crippen LogP contribution in [0.2, 0.25) is 0 Å². The van der Waals surface area contributed by atoms with Gasteiger partial charge in [-0.1, -0.05) is 46.7 Å². The van der Waals surface area contributed by atoms with E-state index in [1.807, 2.05) is 36.4 Å². The topological polar surface area (TPSA) is 146 Å². The van der Waals surface area contributed by atoms with Crippen molar-refractivity contribution in [2.45, 2.75) is 20.3 Å². The Morgan fingerprint density at radius 2 is 1.54 bits per heavy atom. The van der Waals surface area contributed by atoms with Gasteiger partial charge < -0.3 is 23.5 Å². The summed E-state index contributed by atoms with van der Waals surface area (Å²) in [4.78, 5) is 37.6. The van der Waals surface area contributed by atoms with Crippen molar-refractivity contribution in [1.29, 1.82) is 0 Å². The Kier molecular flexibility index (Phi) is 6.60. The second kappa shape index (κ2) is 10.5. The molecule has 6 rings (SSSR count). The van der Waals surface area contributed by atoms with E-state index < -0.39 is 11.5 Å². The molecular formula is C30H23N5O6. The Bertz CT molecular complexity index is 1950. The quantitative estimate of drug-likeness (QED) is 0.256. The number of hydrogen-bond acceptors (Lipinski definition) is 10. The summed E-state index contributed by atoms with van der Waals surface area (Å²) in [5.74, 6) is 2.25. The first kappa shape index (κ1) is 25.7. The minimum atomic E-state index is -0.605. The van der Waals surface area contributed by atoms with Crippen LogP contribution in [0.3, 0.4) is 0 Å². The summed E-state index contributed by atoms with van der Waals surface area (Å²) in [6, 6.07) is 19.7. The van der Waals surface area contributed by atoms with E-state index in [2.05, 4.69) is 25.3 Å². The number of carbonyl (C=O) groups excluding carboxylic acids is 1. The number of carbonyl (C=O) groups is 1. The largest absolute Gasteiger partial charge is 0.465 e. The van der Waals surface area contributed by atoms with Gasteiger partial charge in [0.05, 0.1) is 18.2 Å². The van der Waals surface area contributed by atoms with E-state index in [0.29, 0.717) is 51.4 Å². The molecule has 3 aromatic carbocycles. The Morgan fingerprint density at radius 1 is 0.854 bits per heavy atom. The lowest BCUT2D eigenvalue weighted by Gasteiger charge is -2.13. The maximum Gasteiger partial charge on any atom is 0.339 e. The van der Waals surface area contributed by atoms with Gasteiger partial charge in [-0.3, -0.25) is 4.79 Å². The lowest BCUT2D eigenvalue weighted by Crippen LogP contribution is -2.20. The number of aryl methyl sites for hydroxylation is 2. The molecule has 0 saturated heterocycles. The number of fused-ring (bicyclic) bond motifs is 1. The SMILES string of the molecule is COC(=O)c1c(Cc2ccc(-c3noc(C)n3)cc2)c(=O)[nH]c2cc(Oc3cccc(-c4noc(C)n4)c3)ccc12. The van der Waals surface area contributed by atoms with Crippen molar-refractivity contribution in [2.75, 3.05) is 7.11 Å². The summed E-state index contributed by atoms with van der Waals surface area (Å²) in [5.41, 5.74) is 2.85. The predicted octanol–water partition coefficient (Wildman–Crippen LogP) is 5.41. The van der Waals surface area contributed by atoms with Gasteiger partial charge >= 0.3 is 5.97 Å². The van der Waals surface area contributed by atoms with Crippen molar-refractivity contribution in [3.8, 4) is 34.3 Å². The van der Waals surface area contributed by atoms with E-state index in [1.54, 1.807) is 44.2 Å². The molecule has 3 aromatic heterocycles. The number of aromatic nitrogens is 5. The first-order valence-corrected chi connectivity index (χ1v) is 12.6. The fraction of sp³-hybridized carbons (Fsp3) is 0.133. The van der Waals surface area contributed by atoms with Crippen LogP contribution in [0.25, 0.3) is 33.7 Å². The number of nitrogens with one attached hydrogen (secondary N) is 1. The van der Waals surface area contributed by atoms with E-state index in [1.165, 1.54) is 7.11 Å². The Hall–Kier alpha value is -5.58. The van der Waals surface area contributed by atoms with E-state index in [-0.39, 0.29) is 12.0 Å². The number of aromatic amines is 1. The highest BCUT2D eigenvalue weighted by molar-refractivity contribution is 6.05. The lowest BCUT2D eigenvalue weighted by atomic mass is 9.97. The second-order valence-corrected chi connectivity index (χ2v) is 9.28. The molecule has 0 unspecified atom stereocenters. The third-order valence-corrected chi connectivity index (χ3v) is 6.45. The Balaban J connectivity index is 1.32. The van der Waals surface area contributed by atoms with Crippen molar-refractivity contribution in [2.24, 2.45) is 0 Å². The molecule has 3 heterocycles. The van der Waals surface area contributed by atoms with Crippen LogP contribution in [-0.2, 0) is 11.2 Å². The third kappa shape index (κ3) is 5.20. The molecule has 0 radical (unpaired) electrons. The van der Waals surface area contributed by atoms with Gasteiger partial charge in [0.25, 0.3) is 5.56 Å². The number of ether oxygens (including phenoxy) is 2. The third-order valence-electron chi connectivity index (χ3n) is 6.45. The molecule has 41 heavy (non-hydrogen) atoms. The maximum atomic E-state index is 13.3. The molecule has 204 valence electrons. The zero-order valence-corrected chi connectivity index (χ0v) is 22.3. The van der Waals surface area contributed by atoms with E-state index >= 15 is 0 Å². The highest BCUT2D eigenvalue weighted by Gasteiger charge is 2.21. The average Bonchev–Trinajstić information content (AvgIpc) is 3.62. The summed E-state index contributed by atoms with van der Waals surface area (Å²) < 4.78 is 21.2. The number of nitrogens with zero attached hydrogens (tertiary/aromatic N) is 4. The van der Waals surface area contributed by atoms with Crippen LogP contribution in [0.5, 0.6) is 11.5 Å². The zero-order valence-electron chi connectivity index (χ0n) is 22.3. The van der Waals surface area contributed by atoms with Gasteiger partial charge in [-0.2, -0.15) is 9.97 Å². The van der Waals surface area contributed by atoms with Crippen molar-refractivity contribution in [1.82, 2.24) is 25.3 Å². The van der Waals surface area contributed by atoms with Crippen LogP contribution in [0.4, 0.5) is 0 Å². The number of pyridine rings is 1. The molecule has 0 saturated carbocycles. The molecule has 0 aliphatic rings. The summed E-state index contributed by atoms with van der Waals surface area (Å²) in [7, 11) is 1.29. The molecule has 0 atom stereocenters. The van der Waals surface area contributed by atoms with Crippen LogP contribution < -0.4 is 10.3 Å². The highest BCUT2D eigenvalue weighted by atomic mass is 16.5. The maximum absolute atomic E-state index is 13.3. The zero-order chi connectivity index (χ0) is 28.5. The highest BCUT2D eigenvalue weighted by Crippen LogP contribution is 2.30. The van der Waals surface area contributed by atoms with Crippen LogP contribution >= 0.6 is 0 Å². The summed E-state index contributed by atoms with van der Waals surface area (Å²) in [5, 5.41) is 8.40. The van der Waals surface area contributed by atoms with Crippen molar-refractivity contribution < 1.29 is 23.3 Å². The molecule has 0 aliphatic carbocycles. The van der Waals surface area contributed by atoms with Crippen LogP contribution in [0.1, 0.15) is 33.3 Å². The molecule has 0 fully saturated rings. The molecule has 0 spiro atoms. The molecule has 6 aromatic rings. The first-order chi connectivity index (χ1) is 19.9. The molecule has 1 N–H and O–H groups in total. The molecule has 11 heteroatoms. The minimum Gasteiger partial charge on any atom is -0.465 e. The fourth-order valence-electron chi connectivity index (χ4n) is 4.53. The van der Waals surface area contributed by atoms with Crippen LogP contribution in [0.15, 0.2) is 80.6 Å². The lowest BCUT2D eigenvalue weighted by molar-refractivity contribution is 0.0601. The van der Waals surface area contributed by atoms with Gasteiger partial charge in [0.15, 0.2) is 0 Å². The minimum absolute atomic E-state index is 0.199. The molecule has 11 nitrogen and oxygen atoms in total. The normalized spacial score (nSPS) is 11.1. The summed E-state index contributed by atoms with van der Waals surface area (Å²) in [6.07, 6.45) is 0.210. The molecule has 0 aliphatic heterocycles. The number of hydrogen-bond donors (Lipinski definition) is 1. The molecular weight excluding hydrogens is 526 g/mol. The molecule has 0 amide bonds. The van der Waals surface area contributed by atoms with Gasteiger partial charge in [-0.25, -0.2) is 4.79 Å². The first-order valence-electron chi connectivity index (χ1n) is 12.6. The second-order valence-electron chi connectivity index (χ2n) is 9.28. The van der Waals surface area contributed by atoms with Gasteiger partial charge in [0.2, 0.25) is 23.4 Å². The van der Waals surface area contributed by atoms with Crippen LogP contribution in [0, 0.1) is 13.8 Å². The van der Waals surface area contributed by atoms with Crippen LogP contribution in [-0.4, -0.2) is 38.3 Å². The number of rotatable bonds is 7. The van der Waals surface area contributed by atoms with E-state index in [0.717, 1.165) is 16.7 Å². The summed E-state index contributed by atoms with van der Waals surface area (Å²) in [6.45, 7) is 3.44. The number of benzene rings is 3. The fourth-order valence-corrected chi connectivity index (χ4v) is 4.53. The number of esters is 1. The average molecular weight is 550 g/mol.